The zero-order valence-electron chi connectivity index (χ0n) is 6.14. The van der Waals surface area contributed by atoms with Gasteiger partial charge in [-0.3, -0.25) is 0 Å². The standard InChI is InChI=1S/C6H15NSi2/c1-3-5-7(9-8)6-4-2/h3-4H,1-2,5-6,9H2,8H3. The van der Waals surface area contributed by atoms with E-state index >= 15 is 0 Å². The molecule has 0 aliphatic rings. The van der Waals surface area contributed by atoms with Gasteiger partial charge in [-0.2, -0.15) is 0 Å². The molecule has 0 fully saturated rings. The summed E-state index contributed by atoms with van der Waals surface area (Å²) < 4.78 is 2.45. The molecular formula is C6H15NSi2. The number of rotatable bonds is 5. The van der Waals surface area contributed by atoms with Crippen molar-refractivity contribution in [2.24, 2.45) is 0 Å². The van der Waals surface area contributed by atoms with Crippen LogP contribution in [-0.2, 0) is 0 Å². The third kappa shape index (κ3) is 4.38. The lowest BCUT2D eigenvalue weighted by Gasteiger charge is -2.14. The summed E-state index contributed by atoms with van der Waals surface area (Å²) >= 11 is 0. The van der Waals surface area contributed by atoms with Gasteiger partial charge in [0, 0.05) is 22.8 Å². The van der Waals surface area contributed by atoms with Crippen LogP contribution in [0.1, 0.15) is 0 Å². The maximum Gasteiger partial charge on any atom is 0.0764 e. The average molecular weight is 157 g/mol. The normalized spacial score (nSPS) is 11.2. The lowest BCUT2D eigenvalue weighted by Crippen LogP contribution is -2.28. The van der Waals surface area contributed by atoms with E-state index in [0.717, 1.165) is 13.1 Å². The topological polar surface area (TPSA) is 3.24 Å². The van der Waals surface area contributed by atoms with Crippen molar-refractivity contribution in [2.45, 2.75) is 0 Å². The summed E-state index contributed by atoms with van der Waals surface area (Å²) in [6.07, 6.45) is 3.93. The van der Waals surface area contributed by atoms with Crippen LogP contribution in [0.2, 0.25) is 0 Å². The Hall–Kier alpha value is -0.126. The predicted molar refractivity (Wildman–Crippen MR) is 50.5 cm³/mol. The smallest absolute Gasteiger partial charge is 0.0764 e. The Morgan fingerprint density at radius 2 is 1.78 bits per heavy atom. The second-order valence-corrected chi connectivity index (χ2v) is 5.35. The second-order valence-electron chi connectivity index (χ2n) is 1.93. The van der Waals surface area contributed by atoms with Crippen molar-refractivity contribution >= 4 is 19.0 Å². The van der Waals surface area contributed by atoms with Gasteiger partial charge in [0.15, 0.2) is 0 Å². The fraction of sp³-hybridized carbons (Fsp3) is 0.333. The molecule has 0 radical (unpaired) electrons. The minimum absolute atomic E-state index is 0.136. The first kappa shape index (κ1) is 8.87. The Bertz CT molecular complexity index is 83.1. The van der Waals surface area contributed by atoms with E-state index in [1.165, 1.54) is 9.76 Å². The molecule has 52 valence electrons. The third-order valence-electron chi connectivity index (χ3n) is 1.22. The highest BCUT2D eigenvalue weighted by molar-refractivity contribution is 6.87. The van der Waals surface area contributed by atoms with Crippen molar-refractivity contribution < 1.29 is 0 Å². The van der Waals surface area contributed by atoms with Crippen molar-refractivity contribution in [3.05, 3.63) is 25.3 Å². The molecule has 1 nitrogen and oxygen atoms in total. The zero-order chi connectivity index (χ0) is 7.11. The van der Waals surface area contributed by atoms with Crippen LogP contribution in [0.4, 0.5) is 0 Å². The fourth-order valence-electron chi connectivity index (χ4n) is 0.698. The molecule has 0 spiro atoms. The van der Waals surface area contributed by atoms with Crippen molar-refractivity contribution in [3.63, 3.8) is 0 Å². The number of hydrogen-bond acceptors (Lipinski definition) is 1. The monoisotopic (exact) mass is 157 g/mol. The molecule has 0 N–H and O–H groups in total. The van der Waals surface area contributed by atoms with E-state index in [9.17, 15) is 0 Å². The van der Waals surface area contributed by atoms with E-state index in [1.54, 1.807) is 0 Å². The van der Waals surface area contributed by atoms with E-state index in [4.69, 9.17) is 0 Å². The van der Waals surface area contributed by atoms with Crippen LogP contribution < -0.4 is 0 Å². The highest BCUT2D eigenvalue weighted by atomic mass is 29.1. The molecule has 0 rings (SSSR count). The third-order valence-corrected chi connectivity index (χ3v) is 5.32. The first-order valence-corrected chi connectivity index (χ1v) is 9.58. The molecule has 0 heterocycles. The van der Waals surface area contributed by atoms with Gasteiger partial charge in [0.1, 0.15) is 0 Å². The first-order valence-electron chi connectivity index (χ1n) is 3.29. The minimum atomic E-state index is 0.136. The molecule has 0 saturated carbocycles. The average Bonchev–Trinajstić information content (AvgIpc) is 1.88. The van der Waals surface area contributed by atoms with Gasteiger partial charge in [0.25, 0.3) is 0 Å². The summed E-state index contributed by atoms with van der Waals surface area (Å²) in [4.78, 5) is 0. The van der Waals surface area contributed by atoms with Gasteiger partial charge >= 0.3 is 0 Å². The molecule has 0 amide bonds. The molecule has 0 aromatic heterocycles. The van der Waals surface area contributed by atoms with E-state index in [-0.39, 0.29) is 9.20 Å². The van der Waals surface area contributed by atoms with Gasteiger partial charge in [-0.15, -0.1) is 13.2 Å². The van der Waals surface area contributed by atoms with E-state index in [2.05, 4.69) is 17.7 Å². The molecule has 9 heavy (non-hydrogen) atoms. The fourth-order valence-corrected chi connectivity index (χ4v) is 3.13. The van der Waals surface area contributed by atoms with Crippen LogP contribution in [-0.4, -0.2) is 36.6 Å². The van der Waals surface area contributed by atoms with Gasteiger partial charge < -0.3 is 4.57 Å². The Balaban J connectivity index is 3.39. The molecule has 0 aliphatic carbocycles. The van der Waals surface area contributed by atoms with E-state index in [0.29, 0.717) is 0 Å². The largest absolute Gasteiger partial charge is 0.326 e. The summed E-state index contributed by atoms with van der Waals surface area (Å²) in [5, 5.41) is 0. The van der Waals surface area contributed by atoms with Gasteiger partial charge in [0.05, 0.1) is 9.20 Å². The Labute approximate surface area is 62.6 Å². The van der Waals surface area contributed by atoms with Crippen molar-refractivity contribution in [1.29, 1.82) is 0 Å². The summed E-state index contributed by atoms with van der Waals surface area (Å²) in [7, 11) is 1.51. The van der Waals surface area contributed by atoms with Gasteiger partial charge in [-0.25, -0.2) is 0 Å². The second kappa shape index (κ2) is 6.00. The van der Waals surface area contributed by atoms with Crippen LogP contribution in [0.15, 0.2) is 25.3 Å². The summed E-state index contributed by atoms with van der Waals surface area (Å²) in [6.45, 7) is 9.50. The van der Waals surface area contributed by atoms with Crippen LogP contribution in [0.25, 0.3) is 0 Å². The van der Waals surface area contributed by atoms with Crippen molar-refractivity contribution in [3.8, 4) is 0 Å². The summed E-state index contributed by atoms with van der Waals surface area (Å²) in [5.74, 6) is 0. The lowest BCUT2D eigenvalue weighted by atomic mass is 10.5. The molecule has 0 bridgehead atoms. The summed E-state index contributed by atoms with van der Waals surface area (Å²) in [5.41, 5.74) is 0. The maximum atomic E-state index is 3.69. The highest BCUT2D eigenvalue weighted by Crippen LogP contribution is 1.82. The quantitative estimate of drug-likeness (QED) is 0.366. The Kier molecular flexibility index (Phi) is 5.92. The van der Waals surface area contributed by atoms with E-state index < -0.39 is 0 Å². The lowest BCUT2D eigenvalue weighted by molar-refractivity contribution is 0.554. The summed E-state index contributed by atoms with van der Waals surface area (Å²) in [6, 6.07) is 0. The predicted octanol–water partition coefficient (Wildman–Crippen LogP) is -0.975. The Morgan fingerprint density at radius 1 is 1.33 bits per heavy atom. The van der Waals surface area contributed by atoms with Gasteiger partial charge in [-0.05, 0) is 0 Å². The van der Waals surface area contributed by atoms with Crippen LogP contribution in [0.3, 0.4) is 0 Å². The Morgan fingerprint density at radius 3 is 2.00 bits per heavy atom. The molecule has 0 aliphatic heterocycles. The minimum Gasteiger partial charge on any atom is -0.326 e. The molecule has 0 aromatic rings. The number of hydrogen-bond donors (Lipinski definition) is 0. The molecule has 0 unspecified atom stereocenters. The molecular weight excluding hydrogens is 142 g/mol. The highest BCUT2D eigenvalue weighted by Gasteiger charge is 1.93. The SMILES string of the molecule is C=CCN(CC=C)[SiH2][SiH3]. The zero-order valence-corrected chi connectivity index (χ0v) is 9.55. The van der Waals surface area contributed by atoms with Crippen LogP contribution in [0, 0.1) is 0 Å². The molecule has 3 heteroatoms. The van der Waals surface area contributed by atoms with Crippen molar-refractivity contribution in [2.75, 3.05) is 13.1 Å². The molecule has 0 saturated heterocycles. The van der Waals surface area contributed by atoms with E-state index in [1.807, 2.05) is 12.2 Å². The number of nitrogens with zero attached hydrogens (tertiary/aromatic N) is 1. The van der Waals surface area contributed by atoms with Crippen LogP contribution >= 0.6 is 0 Å². The first-order chi connectivity index (χ1) is 4.35. The van der Waals surface area contributed by atoms with Gasteiger partial charge in [0.2, 0.25) is 0 Å². The molecule has 0 aromatic carbocycles. The van der Waals surface area contributed by atoms with Gasteiger partial charge in [-0.1, -0.05) is 12.2 Å². The van der Waals surface area contributed by atoms with Crippen molar-refractivity contribution in [1.82, 2.24) is 4.57 Å². The van der Waals surface area contributed by atoms with Crippen LogP contribution in [0.5, 0.6) is 0 Å². The molecule has 0 atom stereocenters. The maximum absolute atomic E-state index is 3.69.